The molecule has 9 nitrogen and oxygen atoms in total. The Morgan fingerprint density at radius 2 is 1.63 bits per heavy atom. The van der Waals surface area contributed by atoms with Gasteiger partial charge in [0.25, 0.3) is 5.91 Å². The number of fused-ring (bicyclic) bond motifs is 1. The number of aromatic nitrogens is 1. The average molecular weight is 643 g/mol. The zero-order chi connectivity index (χ0) is 33.0. The van der Waals surface area contributed by atoms with Gasteiger partial charge in [0, 0.05) is 35.9 Å². The van der Waals surface area contributed by atoms with E-state index in [-0.39, 0.29) is 24.6 Å². The Kier molecular flexibility index (Phi) is 9.64. The molecule has 5 rings (SSSR count). The summed E-state index contributed by atoms with van der Waals surface area (Å²) in [4.78, 5) is 55.4. The van der Waals surface area contributed by atoms with E-state index >= 15 is 0 Å². The van der Waals surface area contributed by atoms with Crippen LogP contribution in [0.1, 0.15) is 28.9 Å². The first-order valence-electron chi connectivity index (χ1n) is 14.2. The predicted octanol–water partition coefficient (Wildman–Crippen LogP) is 3.86. The maximum atomic E-state index is 14.1. The molecule has 2 unspecified atom stereocenters. The molecular weight excluding hydrogens is 615 g/mol. The van der Waals surface area contributed by atoms with Crippen LogP contribution in [-0.2, 0) is 20.8 Å². The SMILES string of the molecule is O=C(NC(Cc1cccc(F)c1)C(=O)N[C@@H](CC1CCNC1=O)C(=O)COc1c(F)c(F)cc(F)c1F)c1cc2ccccc2[nH]1. The number of Topliss-reactive ketones (excluding diaryl/α,β-unsaturated/α-hetero) is 1. The molecule has 0 aliphatic carbocycles. The third kappa shape index (κ3) is 7.33. The number of hydrogen-bond donors (Lipinski definition) is 4. The fourth-order valence-corrected chi connectivity index (χ4v) is 5.16. The molecule has 4 N–H and O–H groups in total. The monoisotopic (exact) mass is 642 g/mol. The van der Waals surface area contributed by atoms with E-state index in [1.807, 2.05) is 0 Å². The first-order chi connectivity index (χ1) is 22.0. The Bertz CT molecular complexity index is 1750. The third-order valence-corrected chi connectivity index (χ3v) is 7.54. The summed E-state index contributed by atoms with van der Waals surface area (Å²) in [6.45, 7) is -0.831. The van der Waals surface area contributed by atoms with Crippen LogP contribution in [0, 0.1) is 35.0 Å². The van der Waals surface area contributed by atoms with Crippen molar-refractivity contribution < 1.29 is 45.9 Å². The predicted molar refractivity (Wildman–Crippen MR) is 154 cm³/mol. The van der Waals surface area contributed by atoms with E-state index in [1.165, 1.54) is 18.2 Å². The molecule has 1 saturated heterocycles. The molecule has 1 aliphatic heterocycles. The number of hydrogen-bond acceptors (Lipinski definition) is 5. The number of H-pyrrole nitrogens is 1. The number of halogens is 5. The van der Waals surface area contributed by atoms with E-state index in [9.17, 15) is 41.1 Å². The zero-order valence-electron chi connectivity index (χ0n) is 24.0. The van der Waals surface area contributed by atoms with Crippen molar-refractivity contribution in [3.8, 4) is 5.75 Å². The van der Waals surface area contributed by atoms with Gasteiger partial charge in [0.2, 0.25) is 23.4 Å². The van der Waals surface area contributed by atoms with Crippen molar-refractivity contribution >= 4 is 34.4 Å². The molecule has 0 radical (unpaired) electrons. The number of aromatic amines is 1. The van der Waals surface area contributed by atoms with Crippen LogP contribution >= 0.6 is 0 Å². The lowest BCUT2D eigenvalue weighted by Gasteiger charge is -2.24. The van der Waals surface area contributed by atoms with Crippen LogP contribution in [0.25, 0.3) is 10.9 Å². The van der Waals surface area contributed by atoms with E-state index in [0.29, 0.717) is 24.0 Å². The highest BCUT2D eigenvalue weighted by molar-refractivity contribution is 6.01. The van der Waals surface area contributed by atoms with Gasteiger partial charge in [-0.25, -0.2) is 13.2 Å². The maximum Gasteiger partial charge on any atom is 0.268 e. The van der Waals surface area contributed by atoms with Crippen LogP contribution in [0.2, 0.25) is 0 Å². The van der Waals surface area contributed by atoms with Crippen LogP contribution < -0.4 is 20.7 Å². The minimum Gasteiger partial charge on any atom is -0.479 e. The molecule has 14 heteroatoms. The molecule has 46 heavy (non-hydrogen) atoms. The fraction of sp³-hybridized carbons (Fsp3) is 0.250. The second-order valence-electron chi connectivity index (χ2n) is 10.8. The molecule has 0 saturated carbocycles. The molecule has 3 aromatic carbocycles. The number of para-hydroxylation sites is 1. The lowest BCUT2D eigenvalue weighted by Crippen LogP contribution is -2.53. The number of ketones is 1. The summed E-state index contributed by atoms with van der Waals surface area (Å²) in [5.41, 5.74) is 1.11. The lowest BCUT2D eigenvalue weighted by atomic mass is 9.95. The van der Waals surface area contributed by atoms with Gasteiger partial charge < -0.3 is 25.7 Å². The van der Waals surface area contributed by atoms with Gasteiger partial charge in [-0.2, -0.15) is 8.78 Å². The minimum atomic E-state index is -1.86. The Hall–Kier alpha value is -5.27. The van der Waals surface area contributed by atoms with Crippen molar-refractivity contribution in [1.29, 1.82) is 0 Å². The molecule has 0 spiro atoms. The summed E-state index contributed by atoms with van der Waals surface area (Å²) in [6.07, 6.45) is -0.164. The van der Waals surface area contributed by atoms with Crippen LogP contribution in [0.15, 0.2) is 60.7 Å². The standard InChI is InChI=1S/C32H27F5N4O5/c33-19-6-3-4-16(10-19)11-24(41-32(45)25-12-17-5-1-2-7-22(17)39-25)31(44)40-23(13-18-8-9-38-30(18)43)26(42)15-46-29-27(36)20(34)14-21(35)28(29)37/h1-7,10,12,14,18,23-24,39H,8-9,11,13,15H2,(H,38,43)(H,40,44)(H,41,45)/t18?,23-,24?/m0/s1. The largest absolute Gasteiger partial charge is 0.479 e. The number of benzene rings is 3. The molecule has 4 aromatic rings. The summed E-state index contributed by atoms with van der Waals surface area (Å²) >= 11 is 0. The maximum absolute atomic E-state index is 14.1. The molecule has 1 aromatic heterocycles. The Balaban J connectivity index is 1.38. The Morgan fingerprint density at radius 1 is 0.891 bits per heavy atom. The van der Waals surface area contributed by atoms with Crippen LogP contribution in [0.4, 0.5) is 22.0 Å². The van der Waals surface area contributed by atoms with Gasteiger partial charge in [-0.3, -0.25) is 19.2 Å². The van der Waals surface area contributed by atoms with Gasteiger partial charge in [-0.1, -0.05) is 30.3 Å². The van der Waals surface area contributed by atoms with E-state index in [2.05, 4.69) is 20.9 Å². The fourth-order valence-electron chi connectivity index (χ4n) is 5.16. The van der Waals surface area contributed by atoms with E-state index in [0.717, 1.165) is 11.5 Å². The van der Waals surface area contributed by atoms with Crippen molar-refractivity contribution in [2.45, 2.75) is 31.3 Å². The average Bonchev–Trinajstić information content (AvgIpc) is 3.65. The van der Waals surface area contributed by atoms with E-state index in [1.54, 1.807) is 30.3 Å². The van der Waals surface area contributed by atoms with Crippen LogP contribution in [0.3, 0.4) is 0 Å². The third-order valence-electron chi connectivity index (χ3n) is 7.54. The van der Waals surface area contributed by atoms with Gasteiger partial charge in [0.15, 0.2) is 23.2 Å². The minimum absolute atomic E-state index is 0.0239. The zero-order valence-corrected chi connectivity index (χ0v) is 24.0. The highest BCUT2D eigenvalue weighted by Gasteiger charge is 2.34. The first-order valence-corrected chi connectivity index (χ1v) is 14.2. The van der Waals surface area contributed by atoms with Gasteiger partial charge in [-0.05, 0) is 42.7 Å². The van der Waals surface area contributed by atoms with E-state index in [4.69, 9.17) is 4.74 Å². The number of rotatable bonds is 12. The Labute approximate surface area is 258 Å². The molecule has 240 valence electrons. The van der Waals surface area contributed by atoms with Crippen molar-refractivity contribution in [3.05, 3.63) is 101 Å². The molecular formula is C32H27F5N4O5. The van der Waals surface area contributed by atoms with Crippen LogP contribution in [-0.4, -0.2) is 53.7 Å². The summed E-state index contributed by atoms with van der Waals surface area (Å²) < 4.78 is 74.4. The number of amides is 3. The second-order valence-corrected chi connectivity index (χ2v) is 10.8. The number of ether oxygens (including phenoxy) is 1. The Morgan fingerprint density at radius 3 is 2.30 bits per heavy atom. The second kappa shape index (κ2) is 13.8. The van der Waals surface area contributed by atoms with Gasteiger partial charge in [0.1, 0.15) is 24.2 Å². The quantitative estimate of drug-likeness (QED) is 0.138. The molecule has 3 atom stereocenters. The van der Waals surface area contributed by atoms with Crippen molar-refractivity contribution in [1.82, 2.24) is 20.9 Å². The van der Waals surface area contributed by atoms with Gasteiger partial charge in [0.05, 0.1) is 6.04 Å². The first kappa shape index (κ1) is 32.1. The number of nitrogens with one attached hydrogen (secondary N) is 4. The molecule has 3 amide bonds. The normalized spacial score (nSPS) is 15.7. The smallest absolute Gasteiger partial charge is 0.268 e. The summed E-state index contributed by atoms with van der Waals surface area (Å²) in [6, 6.07) is 11.0. The van der Waals surface area contributed by atoms with Gasteiger partial charge >= 0.3 is 0 Å². The molecule has 1 aliphatic rings. The van der Waals surface area contributed by atoms with Crippen LogP contribution in [0.5, 0.6) is 5.75 Å². The molecule has 0 bridgehead atoms. The summed E-state index contributed by atoms with van der Waals surface area (Å²) in [5, 5.41) is 8.38. The van der Waals surface area contributed by atoms with E-state index < -0.39 is 82.9 Å². The molecule has 1 fully saturated rings. The topological polar surface area (TPSA) is 129 Å². The lowest BCUT2D eigenvalue weighted by molar-refractivity contribution is -0.131. The van der Waals surface area contributed by atoms with Crippen molar-refractivity contribution in [2.75, 3.05) is 13.2 Å². The molecule has 2 heterocycles. The number of carbonyl (C=O) groups excluding carboxylic acids is 4. The summed E-state index contributed by atoms with van der Waals surface area (Å²) in [7, 11) is 0. The van der Waals surface area contributed by atoms with Gasteiger partial charge in [-0.15, -0.1) is 0 Å². The van der Waals surface area contributed by atoms with Crippen molar-refractivity contribution in [3.63, 3.8) is 0 Å². The highest BCUT2D eigenvalue weighted by Crippen LogP contribution is 2.27. The highest BCUT2D eigenvalue weighted by atomic mass is 19.2. The number of carbonyl (C=O) groups is 4. The van der Waals surface area contributed by atoms with Crippen molar-refractivity contribution in [2.24, 2.45) is 5.92 Å². The summed E-state index contributed by atoms with van der Waals surface area (Å²) in [5.74, 6) is -13.0.